The summed E-state index contributed by atoms with van der Waals surface area (Å²) in [4.78, 5) is 7.74. The first-order chi connectivity index (χ1) is 8.60. The van der Waals surface area contributed by atoms with Crippen LogP contribution in [0.3, 0.4) is 0 Å². The van der Waals surface area contributed by atoms with Crippen LogP contribution < -0.4 is 5.32 Å². The van der Waals surface area contributed by atoms with Crippen molar-refractivity contribution in [3.8, 4) is 6.07 Å². The molecule has 0 saturated heterocycles. The quantitative estimate of drug-likeness (QED) is 0.831. The van der Waals surface area contributed by atoms with E-state index in [0.29, 0.717) is 16.4 Å². The molecule has 1 aromatic carbocycles. The van der Waals surface area contributed by atoms with Gasteiger partial charge in [-0.3, -0.25) is 0 Å². The lowest BCUT2D eigenvalue weighted by Crippen LogP contribution is -1.97. The molecular weight excluding hydrogens is 339 g/mol. The molecule has 4 nitrogen and oxygen atoms in total. The number of anilines is 2. The molecule has 0 bridgehead atoms. The Morgan fingerprint density at radius 1 is 1.33 bits per heavy atom. The van der Waals surface area contributed by atoms with Crippen molar-refractivity contribution in [3.05, 3.63) is 44.7 Å². The molecule has 1 heterocycles. The number of aromatic nitrogens is 2. The average Bonchev–Trinajstić information content (AvgIpc) is 2.36. The maximum Gasteiger partial charge on any atom is 0.224 e. The Kier molecular flexibility index (Phi) is 4.02. The molecule has 0 saturated carbocycles. The van der Waals surface area contributed by atoms with Gasteiger partial charge in [0, 0.05) is 4.47 Å². The second-order valence-electron chi connectivity index (χ2n) is 3.27. The van der Waals surface area contributed by atoms with Crippen molar-refractivity contribution in [1.82, 2.24) is 9.97 Å². The van der Waals surface area contributed by atoms with Gasteiger partial charge in [-0.25, -0.2) is 4.98 Å². The lowest BCUT2D eigenvalue weighted by atomic mass is 10.2. The zero-order valence-electron chi connectivity index (χ0n) is 8.78. The Morgan fingerprint density at radius 3 is 2.78 bits per heavy atom. The fourth-order valence-corrected chi connectivity index (χ4v) is 2.00. The van der Waals surface area contributed by atoms with Crippen molar-refractivity contribution in [2.45, 2.75) is 0 Å². The van der Waals surface area contributed by atoms with E-state index in [4.69, 9.17) is 28.5 Å². The van der Waals surface area contributed by atoms with Crippen LogP contribution in [0.4, 0.5) is 11.5 Å². The molecule has 0 atom stereocenters. The van der Waals surface area contributed by atoms with Gasteiger partial charge in [-0.15, -0.1) is 0 Å². The molecule has 0 radical (unpaired) electrons. The van der Waals surface area contributed by atoms with Crippen LogP contribution in [0.5, 0.6) is 0 Å². The predicted molar refractivity (Wildman–Crippen MR) is 74.2 cm³/mol. The molecule has 0 fully saturated rings. The van der Waals surface area contributed by atoms with E-state index in [1.54, 1.807) is 18.2 Å². The summed E-state index contributed by atoms with van der Waals surface area (Å²) >= 11 is 15.0. The van der Waals surface area contributed by atoms with E-state index in [2.05, 4.69) is 31.2 Å². The summed E-state index contributed by atoms with van der Waals surface area (Å²) < 4.78 is 0.729. The van der Waals surface area contributed by atoms with Crippen LogP contribution in [0, 0.1) is 11.3 Å². The molecular formula is C11H5BrCl2N4. The first kappa shape index (κ1) is 13.1. The van der Waals surface area contributed by atoms with E-state index in [1.165, 1.54) is 6.20 Å². The molecule has 0 amide bonds. The second-order valence-corrected chi connectivity index (χ2v) is 4.87. The maximum absolute atomic E-state index is 8.77. The molecule has 1 aromatic heterocycles. The average molecular weight is 344 g/mol. The van der Waals surface area contributed by atoms with Gasteiger partial charge in [0.15, 0.2) is 5.82 Å². The summed E-state index contributed by atoms with van der Waals surface area (Å²) in [6, 6.07) is 7.17. The van der Waals surface area contributed by atoms with Crippen molar-refractivity contribution in [3.63, 3.8) is 0 Å². The number of benzene rings is 1. The highest BCUT2D eigenvalue weighted by molar-refractivity contribution is 9.10. The third kappa shape index (κ3) is 2.91. The SMILES string of the molecule is N#Cc1ccc(Nc2nc(Cl)ncc2Cl)c(Br)c1. The van der Waals surface area contributed by atoms with Crippen LogP contribution >= 0.6 is 39.1 Å². The molecule has 0 aliphatic carbocycles. The number of nitrogens with one attached hydrogen (secondary N) is 1. The summed E-state index contributed by atoms with van der Waals surface area (Å²) in [5, 5.41) is 12.2. The van der Waals surface area contributed by atoms with E-state index in [-0.39, 0.29) is 5.28 Å². The third-order valence-corrected chi connectivity index (χ3v) is 3.18. The lowest BCUT2D eigenvalue weighted by molar-refractivity contribution is 1.17. The summed E-state index contributed by atoms with van der Waals surface area (Å²) in [5.74, 6) is 0.405. The minimum Gasteiger partial charge on any atom is -0.338 e. The first-order valence-corrected chi connectivity index (χ1v) is 6.30. The summed E-state index contributed by atoms with van der Waals surface area (Å²) in [6.45, 7) is 0. The zero-order chi connectivity index (χ0) is 13.1. The van der Waals surface area contributed by atoms with Gasteiger partial charge in [0.05, 0.1) is 23.5 Å². The Morgan fingerprint density at radius 2 is 2.11 bits per heavy atom. The van der Waals surface area contributed by atoms with Crippen LogP contribution in [0.25, 0.3) is 0 Å². The summed E-state index contributed by atoms with van der Waals surface area (Å²) in [7, 11) is 0. The minimum atomic E-state index is 0.103. The molecule has 18 heavy (non-hydrogen) atoms. The number of nitrogens with zero attached hydrogens (tertiary/aromatic N) is 3. The van der Waals surface area contributed by atoms with Gasteiger partial charge < -0.3 is 5.32 Å². The highest BCUT2D eigenvalue weighted by Crippen LogP contribution is 2.29. The molecule has 90 valence electrons. The van der Waals surface area contributed by atoms with Crippen LogP contribution in [0.15, 0.2) is 28.9 Å². The highest BCUT2D eigenvalue weighted by Gasteiger charge is 2.07. The van der Waals surface area contributed by atoms with Gasteiger partial charge >= 0.3 is 0 Å². The van der Waals surface area contributed by atoms with Crippen molar-refractivity contribution < 1.29 is 0 Å². The van der Waals surface area contributed by atoms with Crippen LogP contribution in [-0.2, 0) is 0 Å². The standard InChI is InChI=1S/C11H5BrCl2N4/c12-7-3-6(4-15)1-2-9(7)17-10-8(13)5-16-11(14)18-10/h1-3,5H,(H,16,17,18). The molecule has 0 unspecified atom stereocenters. The van der Waals surface area contributed by atoms with Gasteiger partial charge in [0.1, 0.15) is 5.02 Å². The van der Waals surface area contributed by atoms with E-state index in [0.717, 1.165) is 10.2 Å². The van der Waals surface area contributed by atoms with Gasteiger partial charge in [-0.05, 0) is 45.7 Å². The zero-order valence-corrected chi connectivity index (χ0v) is 11.9. The fourth-order valence-electron chi connectivity index (χ4n) is 1.25. The van der Waals surface area contributed by atoms with Crippen molar-refractivity contribution >= 4 is 50.6 Å². The minimum absolute atomic E-state index is 0.103. The summed E-state index contributed by atoms with van der Waals surface area (Å²) in [6.07, 6.45) is 1.41. The number of halogens is 3. The number of hydrogen-bond donors (Lipinski definition) is 1. The van der Waals surface area contributed by atoms with E-state index < -0.39 is 0 Å². The van der Waals surface area contributed by atoms with Crippen LogP contribution in [0.2, 0.25) is 10.3 Å². The van der Waals surface area contributed by atoms with Gasteiger partial charge in [-0.1, -0.05) is 11.6 Å². The van der Waals surface area contributed by atoms with Gasteiger partial charge in [0.25, 0.3) is 0 Å². The summed E-state index contributed by atoms with van der Waals surface area (Å²) in [5.41, 5.74) is 1.28. The number of hydrogen-bond acceptors (Lipinski definition) is 4. The monoisotopic (exact) mass is 342 g/mol. The smallest absolute Gasteiger partial charge is 0.224 e. The Bertz CT molecular complexity index is 639. The molecule has 7 heteroatoms. The topological polar surface area (TPSA) is 61.6 Å². The lowest BCUT2D eigenvalue weighted by Gasteiger charge is -2.09. The number of nitriles is 1. The molecule has 0 spiro atoms. The Hall–Kier alpha value is -1.35. The van der Waals surface area contributed by atoms with Gasteiger partial charge in [0.2, 0.25) is 5.28 Å². The molecule has 2 rings (SSSR count). The Balaban J connectivity index is 2.34. The third-order valence-electron chi connectivity index (χ3n) is 2.07. The van der Waals surface area contributed by atoms with E-state index in [1.807, 2.05) is 6.07 Å². The van der Waals surface area contributed by atoms with Crippen molar-refractivity contribution in [1.29, 1.82) is 5.26 Å². The van der Waals surface area contributed by atoms with Crippen LogP contribution in [0.1, 0.15) is 5.56 Å². The van der Waals surface area contributed by atoms with Crippen LogP contribution in [-0.4, -0.2) is 9.97 Å². The molecule has 2 aromatic rings. The van der Waals surface area contributed by atoms with E-state index >= 15 is 0 Å². The maximum atomic E-state index is 8.77. The predicted octanol–water partition coefficient (Wildman–Crippen LogP) is 4.16. The Labute approximate surface area is 122 Å². The highest BCUT2D eigenvalue weighted by atomic mass is 79.9. The van der Waals surface area contributed by atoms with Crippen molar-refractivity contribution in [2.75, 3.05) is 5.32 Å². The molecule has 0 aliphatic heterocycles. The normalized spacial score (nSPS) is 9.89. The molecule has 1 N–H and O–H groups in total. The second kappa shape index (κ2) is 5.53. The largest absolute Gasteiger partial charge is 0.338 e. The first-order valence-electron chi connectivity index (χ1n) is 4.75. The number of rotatable bonds is 2. The van der Waals surface area contributed by atoms with Gasteiger partial charge in [-0.2, -0.15) is 10.2 Å². The van der Waals surface area contributed by atoms with E-state index in [9.17, 15) is 0 Å². The molecule has 0 aliphatic rings. The fraction of sp³-hybridized carbons (Fsp3) is 0. The van der Waals surface area contributed by atoms with Crippen molar-refractivity contribution in [2.24, 2.45) is 0 Å².